The van der Waals surface area contributed by atoms with E-state index in [1.165, 1.54) is 80.7 Å². The molecule has 0 unspecified atom stereocenters. The first kappa shape index (κ1) is 72.7. The number of fused-ring (bicyclic) bond motifs is 4. The zero-order valence-corrected chi connectivity index (χ0v) is 56.8. The third-order valence-electron chi connectivity index (χ3n) is 18.2. The minimum absolute atomic E-state index is 0.0250. The summed E-state index contributed by atoms with van der Waals surface area (Å²) < 4.78 is 18.6. The molecule has 29 heteroatoms. The van der Waals surface area contributed by atoms with Crippen LogP contribution in [-0.2, 0) is 57.4 Å². The number of likely N-dealkylation sites (N-methyl/N-ethyl adjacent to an activating group) is 4. The summed E-state index contributed by atoms with van der Waals surface area (Å²) in [5.74, 6) is -12.2. The van der Waals surface area contributed by atoms with Gasteiger partial charge in [-0.2, -0.15) is 0 Å². The van der Waals surface area contributed by atoms with Gasteiger partial charge in [-0.3, -0.25) is 52.7 Å². The van der Waals surface area contributed by atoms with Gasteiger partial charge in [-0.05, 0) is 102 Å². The molecule has 4 saturated heterocycles. The molecule has 7 N–H and O–H groups in total. The smallest absolute Gasteiger partial charge is 0.329 e. The molecule has 7 rings (SSSR count). The van der Waals surface area contributed by atoms with E-state index in [1.54, 1.807) is 62.3 Å². The van der Waals surface area contributed by atoms with Gasteiger partial charge in [0.05, 0.1) is 29.9 Å². The molecule has 0 spiro atoms. The summed E-state index contributed by atoms with van der Waals surface area (Å²) in [5.41, 5.74) is 3.76. The van der Waals surface area contributed by atoms with Crippen molar-refractivity contribution in [3.63, 3.8) is 0 Å². The lowest BCUT2D eigenvalue weighted by Crippen LogP contribution is -2.61. The molecule has 0 bridgehead atoms. The minimum Gasteiger partial charge on any atom is -0.458 e. The lowest BCUT2D eigenvalue weighted by molar-refractivity contribution is -0.163. The van der Waals surface area contributed by atoms with Crippen LogP contribution in [0.2, 0.25) is 0 Å². The monoisotopic (exact) mass is 1310 g/mol. The van der Waals surface area contributed by atoms with Crippen LogP contribution in [0.25, 0.3) is 22.6 Å². The van der Waals surface area contributed by atoms with Crippen LogP contribution >= 0.6 is 0 Å². The summed E-state index contributed by atoms with van der Waals surface area (Å²) in [7, 11) is 5.61. The third kappa shape index (κ3) is 15.1. The number of aromatic nitrogens is 1. The predicted octanol–water partition coefficient (Wildman–Crippen LogP) is 0.904. The Bertz CT molecular complexity index is 3500. The topological polar surface area (TPSA) is 372 Å². The lowest BCUT2D eigenvalue weighted by atomic mass is 9.98. The number of aryl methyl sites for hydroxylation is 1. The van der Waals surface area contributed by atoms with Crippen molar-refractivity contribution in [2.75, 3.05) is 72.8 Å². The number of benzene rings is 2. The Morgan fingerprint density at radius 2 is 1.09 bits per heavy atom. The quantitative estimate of drug-likeness (QED) is 0.0833. The molecular formula is C65H93N13O16. The maximum atomic E-state index is 15.6. The molecule has 1 aromatic rings. The number of rotatable bonds is 12. The van der Waals surface area contributed by atoms with E-state index in [-0.39, 0.29) is 84.8 Å². The standard InChI is InChI=1S/C65H93N13O16/c1-30(2)44-62(88)77-26-17-20-39(77)60(86)73(13)28-41(79)75(15)51(32(5)6)64(90)92-36(11)46(58(84)69-44)71-56(82)38-23-22-34(9)54-48(38)68-50-43(49(67-25-19-24-66)53(81)35(10)55(50)94-54)57(83)72-47-37(12)93-65(91)52(33(7)8)76(16)42(80)29-74(14)61(87)40-21-18-27-78(40)63(89)45(31(3)4)70-59(47)85/h22-23,30-33,36-37,39-40,44-47,51-52,67H,17-21,24-29,66H2,1-16H3,(H,69,84)(H,70,85)(H,71,82)(H,72,83)/t36-,37+,39-,40+,44-,45+,46+,47-,51+,52-/m1/s1. The fraction of sp³-hybridized carbons (Fsp3) is 0.631. The van der Waals surface area contributed by atoms with E-state index in [1.807, 2.05) is 0 Å². The Morgan fingerprint density at radius 3 is 1.51 bits per heavy atom. The van der Waals surface area contributed by atoms with E-state index in [0.29, 0.717) is 18.4 Å². The summed E-state index contributed by atoms with van der Waals surface area (Å²) in [6.45, 7) is 18.7. The van der Waals surface area contributed by atoms with Gasteiger partial charge in [0, 0.05) is 53.4 Å². The molecular weight excluding hydrogens is 1220 g/mol. The van der Waals surface area contributed by atoms with Crippen molar-refractivity contribution in [1.29, 1.82) is 0 Å². The van der Waals surface area contributed by atoms with E-state index in [9.17, 15) is 47.9 Å². The van der Waals surface area contributed by atoms with Crippen molar-refractivity contribution < 1.29 is 71.4 Å². The minimum atomic E-state index is -1.88. The molecule has 29 nitrogen and oxygen atoms in total. The van der Waals surface area contributed by atoms with Gasteiger partial charge < -0.3 is 75.6 Å². The second-order valence-electron chi connectivity index (χ2n) is 26.6. The average Bonchev–Trinajstić information content (AvgIpc) is 0.870. The number of esters is 2. The van der Waals surface area contributed by atoms with Crippen LogP contribution in [0.3, 0.4) is 0 Å². The molecule has 5 aliphatic heterocycles. The maximum absolute atomic E-state index is 15.6. The van der Waals surface area contributed by atoms with Gasteiger partial charge in [-0.1, -0.05) is 61.5 Å². The number of anilines is 1. The maximum Gasteiger partial charge on any atom is 0.329 e. The Kier molecular flexibility index (Phi) is 23.3. The van der Waals surface area contributed by atoms with Crippen molar-refractivity contribution in [3.05, 3.63) is 44.6 Å². The molecule has 0 radical (unpaired) electrons. The van der Waals surface area contributed by atoms with E-state index >= 15 is 14.4 Å². The molecule has 10 amide bonds. The zero-order valence-electron chi connectivity index (χ0n) is 56.8. The highest BCUT2D eigenvalue weighted by atomic mass is 16.6. The summed E-state index contributed by atoms with van der Waals surface area (Å²) in [4.78, 5) is 202. The number of carbonyl (C=O) groups excluding carboxylic acids is 12. The Hall–Kier alpha value is -8.76. The first-order valence-electron chi connectivity index (χ1n) is 32.3. The summed E-state index contributed by atoms with van der Waals surface area (Å²) in [6.07, 6.45) is -1.37. The van der Waals surface area contributed by atoms with Crippen LogP contribution in [0.5, 0.6) is 0 Å². The number of nitrogens with one attached hydrogen (secondary N) is 5. The van der Waals surface area contributed by atoms with Gasteiger partial charge >= 0.3 is 11.9 Å². The Balaban J connectivity index is 1.37. The number of ether oxygens (including phenoxy) is 2. The van der Waals surface area contributed by atoms with Crippen LogP contribution < -0.4 is 37.7 Å². The molecule has 1 aliphatic carbocycles. The number of amides is 10. The number of carbonyl (C=O) groups is 12. The van der Waals surface area contributed by atoms with Crippen LogP contribution in [-0.4, -0.2) is 233 Å². The van der Waals surface area contributed by atoms with E-state index in [2.05, 4.69) is 26.6 Å². The highest BCUT2D eigenvalue weighted by molar-refractivity contribution is 6.11. The average molecular weight is 1310 g/mol. The number of nitrogens with two attached hydrogens (primary N) is 1. The van der Waals surface area contributed by atoms with Gasteiger partial charge in [0.2, 0.25) is 52.7 Å². The molecule has 1 aromatic carbocycles. The molecule has 4 fully saturated rings. The fourth-order valence-corrected chi connectivity index (χ4v) is 12.7. The Labute approximate surface area is 546 Å². The third-order valence-corrected chi connectivity index (χ3v) is 18.2. The van der Waals surface area contributed by atoms with Crippen molar-refractivity contribution in [2.45, 2.75) is 176 Å². The summed E-state index contributed by atoms with van der Waals surface area (Å²) >= 11 is 0. The van der Waals surface area contributed by atoms with Crippen LogP contribution in [0.1, 0.15) is 133 Å². The van der Waals surface area contributed by atoms with Crippen molar-refractivity contribution in [1.82, 2.24) is 55.7 Å². The summed E-state index contributed by atoms with van der Waals surface area (Å²) in [5, 5.41) is 13.9. The SMILES string of the molecule is Cc1c2oc3c(C)ccc(C(=O)N[C@@H]4C(=O)N[C@H](C(C)C)C(=O)N5CCC[C@@H]5C(=O)N(C)CC(=O)N(C)[C@@H](C(C)C)C(=O)O[C@@H]4C)c3nc-2c(C(=O)N[C@H]2C(=O)N[C@@H](C(C)C)C(=O)N3CCC[C@H]3C(=O)N(C)CC(=O)N(C)[C@H](C(C)C)C(=O)O[C@H]2C)c(NCCCN)c1=O. The number of cyclic esters (lactones) is 2. The van der Waals surface area contributed by atoms with E-state index in [4.69, 9.17) is 24.6 Å². The van der Waals surface area contributed by atoms with Crippen molar-refractivity contribution >= 4 is 87.8 Å². The lowest BCUT2D eigenvalue weighted by Gasteiger charge is -2.36. The number of nitrogens with zero attached hydrogens (tertiary/aromatic N) is 7. The fourth-order valence-electron chi connectivity index (χ4n) is 12.7. The number of hydrogen-bond donors (Lipinski definition) is 6. The van der Waals surface area contributed by atoms with Crippen molar-refractivity contribution in [2.24, 2.45) is 29.4 Å². The first-order valence-corrected chi connectivity index (χ1v) is 32.3. The molecule has 5 heterocycles. The largest absolute Gasteiger partial charge is 0.458 e. The van der Waals surface area contributed by atoms with Gasteiger partial charge in [0.1, 0.15) is 71.8 Å². The van der Waals surface area contributed by atoms with Gasteiger partial charge in [-0.15, -0.1) is 0 Å². The molecule has 6 aliphatic rings. The molecule has 0 saturated carbocycles. The Morgan fingerprint density at radius 1 is 0.638 bits per heavy atom. The second-order valence-corrected chi connectivity index (χ2v) is 26.6. The van der Waals surface area contributed by atoms with Gasteiger partial charge in [0.25, 0.3) is 11.8 Å². The predicted molar refractivity (Wildman–Crippen MR) is 343 cm³/mol. The van der Waals surface area contributed by atoms with Crippen LogP contribution in [0, 0.1) is 37.5 Å². The van der Waals surface area contributed by atoms with Gasteiger partial charge in [0.15, 0.2) is 11.3 Å². The molecule has 514 valence electrons. The first-order chi connectivity index (χ1) is 44.1. The highest BCUT2D eigenvalue weighted by Crippen LogP contribution is 2.36. The highest BCUT2D eigenvalue weighted by Gasteiger charge is 2.47. The molecule has 10 atom stereocenters. The van der Waals surface area contributed by atoms with Gasteiger partial charge in [-0.25, -0.2) is 14.6 Å². The van der Waals surface area contributed by atoms with E-state index in [0.717, 1.165) is 9.80 Å². The van der Waals surface area contributed by atoms with Crippen LogP contribution in [0.15, 0.2) is 21.3 Å². The summed E-state index contributed by atoms with van der Waals surface area (Å²) in [6, 6.07) is -7.87. The second kappa shape index (κ2) is 30.1. The van der Waals surface area contributed by atoms with E-state index < -0.39 is 179 Å². The van der Waals surface area contributed by atoms with Crippen molar-refractivity contribution in [3.8, 4) is 11.5 Å². The molecule has 0 aromatic heterocycles. The van der Waals surface area contributed by atoms with Crippen LogP contribution in [0.4, 0.5) is 5.69 Å². The normalized spacial score (nSPS) is 25.6. The number of hydrogen-bond acceptors (Lipinski definition) is 19. The molecule has 94 heavy (non-hydrogen) atoms. The zero-order chi connectivity index (χ0) is 69.8.